The number of ether oxygens (including phenoxy) is 2. The van der Waals surface area contributed by atoms with E-state index < -0.39 is 0 Å². The Labute approximate surface area is 218 Å². The van der Waals surface area contributed by atoms with Gasteiger partial charge in [-0.2, -0.15) is 0 Å². The predicted molar refractivity (Wildman–Crippen MR) is 147 cm³/mol. The Morgan fingerprint density at radius 1 is 0.722 bits per heavy atom. The summed E-state index contributed by atoms with van der Waals surface area (Å²) in [5, 5.41) is 14.9. The zero-order valence-corrected chi connectivity index (χ0v) is 21.2. The minimum absolute atomic E-state index is 0. The second-order valence-corrected chi connectivity index (χ2v) is 8.84. The molecule has 0 atom stereocenters. The molecule has 0 saturated carbocycles. The molecule has 1 aliphatic heterocycles. The summed E-state index contributed by atoms with van der Waals surface area (Å²) in [4.78, 5) is 2.46. The second-order valence-electron chi connectivity index (χ2n) is 8.84. The molecule has 1 heterocycles. The molecule has 8 heteroatoms. The first kappa shape index (κ1) is 27.0. The Kier molecular flexibility index (Phi) is 9.73. The van der Waals surface area contributed by atoms with Crippen LogP contribution in [-0.2, 0) is 19.5 Å². The van der Waals surface area contributed by atoms with Gasteiger partial charge < -0.3 is 20.9 Å². The number of nitrogens with zero attached hydrogens (tertiary/aromatic N) is 1. The van der Waals surface area contributed by atoms with Crippen LogP contribution in [0.3, 0.4) is 0 Å². The molecule has 0 aliphatic carbocycles. The van der Waals surface area contributed by atoms with Crippen LogP contribution in [0.5, 0.6) is 11.5 Å². The van der Waals surface area contributed by atoms with Crippen LogP contribution in [0.4, 0.5) is 0 Å². The summed E-state index contributed by atoms with van der Waals surface area (Å²) in [7, 11) is 0. The predicted octanol–water partition coefficient (Wildman–Crippen LogP) is 4.47. The molecule has 0 spiro atoms. The highest BCUT2D eigenvalue weighted by Gasteiger charge is 2.18. The van der Waals surface area contributed by atoms with Gasteiger partial charge in [0.1, 0.15) is 23.2 Å². The summed E-state index contributed by atoms with van der Waals surface area (Å²) in [6.45, 7) is 4.28. The lowest BCUT2D eigenvalue weighted by Crippen LogP contribution is -2.19. The number of nitrogens with one attached hydrogen (secondary N) is 2. The van der Waals surface area contributed by atoms with E-state index in [1.165, 1.54) is 16.7 Å². The van der Waals surface area contributed by atoms with Crippen molar-refractivity contribution in [3.8, 4) is 11.5 Å². The molecule has 4 rings (SSSR count). The maximum atomic E-state index is 7.45. The van der Waals surface area contributed by atoms with Crippen LogP contribution in [0, 0.1) is 10.8 Å². The first-order chi connectivity index (χ1) is 17.0. The highest BCUT2D eigenvalue weighted by molar-refractivity contribution is 5.95. The highest BCUT2D eigenvalue weighted by Crippen LogP contribution is 2.24. The van der Waals surface area contributed by atoms with Gasteiger partial charge in [0.25, 0.3) is 0 Å². The van der Waals surface area contributed by atoms with Crippen molar-refractivity contribution >= 4 is 24.1 Å². The van der Waals surface area contributed by atoms with E-state index >= 15 is 0 Å². The SMILES string of the molecule is Cl.N=C(N)c1ccc(OCCCc2ccc3c(c2)CN(CCCOc2ccc(C(=N)N)cc2)C3)cc1. The second kappa shape index (κ2) is 13.0. The zero-order valence-electron chi connectivity index (χ0n) is 20.3. The number of hydrogen-bond acceptors (Lipinski definition) is 5. The van der Waals surface area contributed by atoms with Crippen LogP contribution in [0.25, 0.3) is 0 Å². The van der Waals surface area contributed by atoms with Gasteiger partial charge in [-0.05, 0) is 84.5 Å². The van der Waals surface area contributed by atoms with Crippen LogP contribution in [0.1, 0.15) is 40.7 Å². The van der Waals surface area contributed by atoms with Crippen molar-refractivity contribution in [1.29, 1.82) is 10.8 Å². The van der Waals surface area contributed by atoms with Crippen LogP contribution < -0.4 is 20.9 Å². The summed E-state index contributed by atoms with van der Waals surface area (Å²) in [6, 6.07) is 21.5. The molecule has 0 unspecified atom stereocenters. The Bertz CT molecular complexity index is 1170. The van der Waals surface area contributed by atoms with Gasteiger partial charge in [-0.3, -0.25) is 15.7 Å². The standard InChI is InChI=1S/C28H33N5O2.ClH/c29-27(30)21-6-10-25(11-7-21)34-15-1-3-20-4-5-23-18-33(19-24(23)17-20)14-2-16-35-26-12-8-22(9-13-26)28(31)32;/h4-13,17H,1-3,14-16,18-19H2,(H3,29,30)(H3,31,32);1H. The first-order valence-electron chi connectivity index (χ1n) is 12.0. The van der Waals surface area contributed by atoms with E-state index in [0.29, 0.717) is 24.3 Å². The van der Waals surface area contributed by atoms with Gasteiger partial charge in [0.2, 0.25) is 0 Å². The molecule has 0 fully saturated rings. The van der Waals surface area contributed by atoms with Crippen molar-refractivity contribution in [3.63, 3.8) is 0 Å². The van der Waals surface area contributed by atoms with E-state index in [4.69, 9.17) is 31.8 Å². The van der Waals surface area contributed by atoms with Crippen LogP contribution in [-0.4, -0.2) is 36.3 Å². The van der Waals surface area contributed by atoms with E-state index in [2.05, 4.69) is 23.1 Å². The van der Waals surface area contributed by atoms with E-state index in [9.17, 15) is 0 Å². The lowest BCUT2D eigenvalue weighted by Gasteiger charge is -2.15. The Balaban J connectivity index is 0.00000361. The maximum absolute atomic E-state index is 7.45. The van der Waals surface area contributed by atoms with Crippen molar-refractivity contribution in [2.45, 2.75) is 32.4 Å². The molecular weight excluding hydrogens is 474 g/mol. The lowest BCUT2D eigenvalue weighted by molar-refractivity contribution is 0.238. The van der Waals surface area contributed by atoms with Crippen molar-refractivity contribution in [1.82, 2.24) is 4.90 Å². The van der Waals surface area contributed by atoms with Gasteiger partial charge in [0.15, 0.2) is 0 Å². The topological polar surface area (TPSA) is 121 Å². The van der Waals surface area contributed by atoms with Crippen molar-refractivity contribution in [2.75, 3.05) is 19.8 Å². The van der Waals surface area contributed by atoms with Gasteiger partial charge in [-0.1, -0.05) is 18.2 Å². The minimum Gasteiger partial charge on any atom is -0.494 e. The molecule has 6 N–H and O–H groups in total. The fraction of sp³-hybridized carbons (Fsp3) is 0.286. The Morgan fingerprint density at radius 3 is 1.81 bits per heavy atom. The number of rotatable bonds is 12. The fourth-order valence-electron chi connectivity index (χ4n) is 4.24. The van der Waals surface area contributed by atoms with Gasteiger partial charge >= 0.3 is 0 Å². The third-order valence-electron chi connectivity index (χ3n) is 6.16. The molecule has 36 heavy (non-hydrogen) atoms. The molecule has 3 aromatic rings. The van der Waals surface area contributed by atoms with E-state index in [-0.39, 0.29) is 24.1 Å². The number of nitrogens with two attached hydrogens (primary N) is 2. The molecule has 0 aromatic heterocycles. The van der Waals surface area contributed by atoms with E-state index in [0.717, 1.165) is 50.4 Å². The minimum atomic E-state index is 0. The first-order valence-corrected chi connectivity index (χ1v) is 12.0. The van der Waals surface area contributed by atoms with Crippen LogP contribution in [0.15, 0.2) is 66.7 Å². The average Bonchev–Trinajstić information content (AvgIpc) is 3.27. The largest absolute Gasteiger partial charge is 0.494 e. The van der Waals surface area contributed by atoms with E-state index in [1.54, 1.807) is 0 Å². The highest BCUT2D eigenvalue weighted by atomic mass is 35.5. The normalized spacial score (nSPS) is 12.4. The summed E-state index contributed by atoms with van der Waals surface area (Å²) < 4.78 is 11.7. The maximum Gasteiger partial charge on any atom is 0.122 e. The Hall–Kier alpha value is -3.55. The lowest BCUT2D eigenvalue weighted by atomic mass is 10.0. The molecule has 190 valence electrons. The molecule has 0 bridgehead atoms. The Morgan fingerprint density at radius 2 is 1.25 bits per heavy atom. The number of nitrogen functional groups attached to an aromatic ring is 2. The van der Waals surface area contributed by atoms with E-state index in [1.807, 2.05) is 48.5 Å². The van der Waals surface area contributed by atoms with Gasteiger partial charge in [-0.25, -0.2) is 0 Å². The summed E-state index contributed by atoms with van der Waals surface area (Å²) in [6.07, 6.45) is 2.89. The van der Waals surface area contributed by atoms with Crippen molar-refractivity contribution in [2.24, 2.45) is 11.5 Å². The third-order valence-corrected chi connectivity index (χ3v) is 6.16. The number of aryl methyl sites for hydroxylation is 1. The third kappa shape index (κ3) is 7.47. The molecular formula is C28H34ClN5O2. The quantitative estimate of drug-likeness (QED) is 0.164. The number of fused-ring (bicyclic) bond motifs is 1. The monoisotopic (exact) mass is 507 g/mol. The smallest absolute Gasteiger partial charge is 0.122 e. The summed E-state index contributed by atoms with van der Waals surface area (Å²) >= 11 is 0. The number of amidine groups is 2. The van der Waals surface area contributed by atoms with Gasteiger partial charge in [0.05, 0.1) is 13.2 Å². The van der Waals surface area contributed by atoms with Crippen LogP contribution in [0.2, 0.25) is 0 Å². The molecule has 0 radical (unpaired) electrons. The number of benzene rings is 3. The molecule has 1 aliphatic rings. The zero-order chi connectivity index (χ0) is 24.6. The number of hydrogen-bond donors (Lipinski definition) is 4. The molecule has 3 aromatic carbocycles. The van der Waals surface area contributed by atoms with Gasteiger partial charge in [0, 0.05) is 30.8 Å². The fourth-order valence-corrected chi connectivity index (χ4v) is 4.24. The van der Waals surface area contributed by atoms with Gasteiger partial charge in [-0.15, -0.1) is 12.4 Å². The van der Waals surface area contributed by atoms with Crippen LogP contribution >= 0.6 is 12.4 Å². The molecule has 7 nitrogen and oxygen atoms in total. The average molecular weight is 508 g/mol. The summed E-state index contributed by atoms with van der Waals surface area (Å²) in [5.41, 5.74) is 16.6. The molecule has 0 amide bonds. The van der Waals surface area contributed by atoms with Crippen molar-refractivity contribution < 1.29 is 9.47 Å². The number of halogens is 1. The molecule has 0 saturated heterocycles. The summed E-state index contributed by atoms with van der Waals surface area (Å²) in [5.74, 6) is 1.74. The van der Waals surface area contributed by atoms with Crippen molar-refractivity contribution in [3.05, 3.63) is 94.5 Å².